The number of carbonyl (C=O) groups excluding carboxylic acids is 1. The first-order chi connectivity index (χ1) is 12.8. The standard InChI is InChI=1S/C21H22N4O2/c1-21(2,3)27-14-10-8-13(9-11-14)25-12-17(26)18(19(25)22)20-23-15-6-4-5-7-16(15)24-20/h4-11H,12,22H2,1-3H3,(H,23,24). The van der Waals surface area contributed by atoms with E-state index in [2.05, 4.69) is 9.97 Å². The Morgan fingerprint density at radius 3 is 2.48 bits per heavy atom. The Morgan fingerprint density at radius 2 is 1.81 bits per heavy atom. The van der Waals surface area contributed by atoms with Crippen LogP contribution >= 0.6 is 0 Å². The number of nitrogens with zero attached hydrogens (tertiary/aromatic N) is 2. The van der Waals surface area contributed by atoms with Crippen LogP contribution in [0.25, 0.3) is 16.6 Å². The predicted molar refractivity (Wildman–Crippen MR) is 106 cm³/mol. The average Bonchev–Trinajstić information content (AvgIpc) is 3.14. The molecule has 0 aliphatic carbocycles. The van der Waals surface area contributed by atoms with Gasteiger partial charge in [0.05, 0.1) is 17.6 Å². The Labute approximate surface area is 157 Å². The molecule has 3 aromatic rings. The summed E-state index contributed by atoms with van der Waals surface area (Å²) in [7, 11) is 0. The van der Waals surface area contributed by atoms with Gasteiger partial charge in [0.1, 0.15) is 28.6 Å². The van der Waals surface area contributed by atoms with Crippen LogP contribution in [0.1, 0.15) is 26.6 Å². The summed E-state index contributed by atoms with van der Waals surface area (Å²) in [4.78, 5) is 22.1. The third-order valence-corrected chi connectivity index (χ3v) is 4.33. The quantitative estimate of drug-likeness (QED) is 0.745. The lowest BCUT2D eigenvalue weighted by Gasteiger charge is -2.23. The molecule has 4 rings (SSSR count). The fraction of sp³-hybridized carbons (Fsp3) is 0.238. The molecule has 2 heterocycles. The van der Waals surface area contributed by atoms with Gasteiger partial charge >= 0.3 is 0 Å². The van der Waals surface area contributed by atoms with E-state index in [9.17, 15) is 4.79 Å². The number of aromatic amines is 1. The van der Waals surface area contributed by atoms with Crippen molar-refractivity contribution in [1.82, 2.24) is 9.97 Å². The second-order valence-electron chi connectivity index (χ2n) is 7.58. The van der Waals surface area contributed by atoms with Gasteiger partial charge in [-0.3, -0.25) is 4.79 Å². The number of nitrogens with one attached hydrogen (secondary N) is 1. The van der Waals surface area contributed by atoms with E-state index in [1.807, 2.05) is 69.3 Å². The Bertz CT molecular complexity index is 1010. The van der Waals surface area contributed by atoms with Crippen molar-refractivity contribution in [3.8, 4) is 5.75 Å². The number of Topliss-reactive ketones (excluding diaryl/α,β-unsaturated/α-hetero) is 1. The first-order valence-corrected chi connectivity index (χ1v) is 8.86. The number of hydrogen-bond acceptors (Lipinski definition) is 5. The van der Waals surface area contributed by atoms with E-state index in [0.717, 1.165) is 22.5 Å². The van der Waals surface area contributed by atoms with E-state index in [0.29, 0.717) is 17.2 Å². The number of hydrogen-bond donors (Lipinski definition) is 2. The number of carbonyl (C=O) groups is 1. The maximum absolute atomic E-state index is 12.6. The molecule has 138 valence electrons. The number of benzene rings is 2. The molecular weight excluding hydrogens is 340 g/mol. The smallest absolute Gasteiger partial charge is 0.189 e. The Morgan fingerprint density at radius 1 is 1.11 bits per heavy atom. The van der Waals surface area contributed by atoms with Crippen molar-refractivity contribution in [3.63, 3.8) is 0 Å². The molecule has 0 amide bonds. The molecule has 0 atom stereocenters. The molecule has 6 heteroatoms. The summed E-state index contributed by atoms with van der Waals surface area (Å²) in [6.07, 6.45) is 0. The van der Waals surface area contributed by atoms with E-state index in [4.69, 9.17) is 10.5 Å². The highest BCUT2D eigenvalue weighted by Crippen LogP contribution is 2.31. The number of imidazole rings is 1. The van der Waals surface area contributed by atoms with Gasteiger partial charge in [-0.05, 0) is 57.2 Å². The highest BCUT2D eigenvalue weighted by atomic mass is 16.5. The van der Waals surface area contributed by atoms with Crippen molar-refractivity contribution >= 4 is 28.1 Å². The molecular formula is C21H22N4O2. The van der Waals surface area contributed by atoms with Gasteiger partial charge in [0.15, 0.2) is 5.78 Å². The molecule has 3 N–H and O–H groups in total. The molecule has 0 bridgehead atoms. The van der Waals surface area contributed by atoms with Crippen LogP contribution in [-0.2, 0) is 4.79 Å². The van der Waals surface area contributed by atoms with Gasteiger partial charge in [0, 0.05) is 5.69 Å². The van der Waals surface area contributed by atoms with Crippen LogP contribution in [0.4, 0.5) is 5.69 Å². The molecule has 0 unspecified atom stereocenters. The van der Waals surface area contributed by atoms with E-state index in [1.54, 1.807) is 4.90 Å². The van der Waals surface area contributed by atoms with Crippen LogP contribution in [0.5, 0.6) is 5.75 Å². The summed E-state index contributed by atoms with van der Waals surface area (Å²) >= 11 is 0. The van der Waals surface area contributed by atoms with Gasteiger partial charge in [0.25, 0.3) is 0 Å². The molecule has 2 aromatic carbocycles. The Balaban J connectivity index is 1.66. The van der Waals surface area contributed by atoms with Crippen LogP contribution in [0, 0.1) is 0 Å². The van der Waals surface area contributed by atoms with E-state index in [1.165, 1.54) is 0 Å². The van der Waals surface area contributed by atoms with Crippen molar-refractivity contribution in [2.24, 2.45) is 5.73 Å². The fourth-order valence-corrected chi connectivity index (χ4v) is 3.19. The maximum Gasteiger partial charge on any atom is 0.189 e. The molecule has 0 spiro atoms. The number of aromatic nitrogens is 2. The average molecular weight is 362 g/mol. The van der Waals surface area contributed by atoms with Crippen molar-refractivity contribution in [1.29, 1.82) is 0 Å². The van der Waals surface area contributed by atoms with Gasteiger partial charge in [-0.15, -0.1) is 0 Å². The van der Waals surface area contributed by atoms with E-state index >= 15 is 0 Å². The number of ketones is 1. The zero-order valence-electron chi connectivity index (χ0n) is 15.6. The van der Waals surface area contributed by atoms with Crippen molar-refractivity contribution < 1.29 is 9.53 Å². The maximum atomic E-state index is 12.6. The number of rotatable bonds is 3. The normalized spacial score (nSPS) is 15.1. The third-order valence-electron chi connectivity index (χ3n) is 4.33. The molecule has 6 nitrogen and oxygen atoms in total. The number of ether oxygens (including phenoxy) is 1. The summed E-state index contributed by atoms with van der Waals surface area (Å²) in [5.41, 5.74) is 9.03. The van der Waals surface area contributed by atoms with Crippen LogP contribution in [0.15, 0.2) is 54.4 Å². The molecule has 1 aromatic heterocycles. The van der Waals surface area contributed by atoms with E-state index in [-0.39, 0.29) is 17.9 Å². The molecule has 0 saturated carbocycles. The molecule has 0 fully saturated rings. The second kappa shape index (κ2) is 6.16. The molecule has 0 saturated heterocycles. The summed E-state index contributed by atoms with van der Waals surface area (Å²) in [6, 6.07) is 15.2. The van der Waals surface area contributed by atoms with Crippen molar-refractivity contribution in [2.75, 3.05) is 11.4 Å². The number of H-pyrrole nitrogens is 1. The minimum absolute atomic E-state index is 0.0541. The summed E-state index contributed by atoms with van der Waals surface area (Å²) in [5, 5.41) is 0. The lowest BCUT2D eigenvalue weighted by Crippen LogP contribution is -2.25. The molecule has 0 radical (unpaired) electrons. The molecule has 1 aliphatic rings. The SMILES string of the molecule is CC(C)(C)Oc1ccc(N2CC(=O)C(c3nc4ccccc4[nH]3)=C2N)cc1. The zero-order valence-corrected chi connectivity index (χ0v) is 15.6. The zero-order chi connectivity index (χ0) is 19.2. The lowest BCUT2D eigenvalue weighted by atomic mass is 10.2. The number of para-hydroxylation sites is 2. The van der Waals surface area contributed by atoms with Gasteiger partial charge in [-0.25, -0.2) is 4.98 Å². The highest BCUT2D eigenvalue weighted by Gasteiger charge is 2.32. The van der Waals surface area contributed by atoms with Crippen molar-refractivity contribution in [3.05, 3.63) is 60.2 Å². The topological polar surface area (TPSA) is 84.2 Å². The first-order valence-electron chi connectivity index (χ1n) is 8.86. The van der Waals surface area contributed by atoms with E-state index < -0.39 is 0 Å². The van der Waals surface area contributed by atoms with Gasteiger partial charge < -0.3 is 20.4 Å². The minimum atomic E-state index is -0.265. The second-order valence-corrected chi connectivity index (χ2v) is 7.58. The fourth-order valence-electron chi connectivity index (χ4n) is 3.19. The van der Waals surface area contributed by atoms with Gasteiger partial charge in [-0.2, -0.15) is 0 Å². The van der Waals surface area contributed by atoms with Crippen LogP contribution < -0.4 is 15.4 Å². The van der Waals surface area contributed by atoms with Gasteiger partial charge in [0.2, 0.25) is 0 Å². The van der Waals surface area contributed by atoms with Crippen LogP contribution in [0.3, 0.4) is 0 Å². The third kappa shape index (κ3) is 3.26. The van der Waals surface area contributed by atoms with Crippen LogP contribution in [0.2, 0.25) is 0 Å². The predicted octanol–water partition coefficient (Wildman–Crippen LogP) is 3.46. The van der Waals surface area contributed by atoms with Crippen molar-refractivity contribution in [2.45, 2.75) is 26.4 Å². The lowest BCUT2D eigenvalue weighted by molar-refractivity contribution is -0.112. The van der Waals surface area contributed by atoms with Crippen LogP contribution in [-0.4, -0.2) is 27.9 Å². The summed E-state index contributed by atoms with van der Waals surface area (Å²) in [6.45, 7) is 6.19. The van der Waals surface area contributed by atoms with Gasteiger partial charge in [-0.1, -0.05) is 12.1 Å². The monoisotopic (exact) mass is 362 g/mol. The summed E-state index contributed by atoms with van der Waals surface area (Å²) in [5.74, 6) is 1.64. The Hall–Kier alpha value is -3.28. The Kier molecular flexibility index (Phi) is 3.91. The summed E-state index contributed by atoms with van der Waals surface area (Å²) < 4.78 is 5.85. The number of anilines is 1. The minimum Gasteiger partial charge on any atom is -0.488 e. The molecule has 27 heavy (non-hydrogen) atoms. The highest BCUT2D eigenvalue weighted by molar-refractivity contribution is 6.26. The number of fused-ring (bicyclic) bond motifs is 1. The number of nitrogens with two attached hydrogens (primary N) is 1. The first kappa shape index (κ1) is 17.1. The largest absolute Gasteiger partial charge is 0.488 e. The molecule has 1 aliphatic heterocycles.